The molecule has 4 aromatic carbocycles. The van der Waals surface area contributed by atoms with Crippen molar-refractivity contribution in [2.24, 2.45) is 0 Å². The van der Waals surface area contributed by atoms with Crippen molar-refractivity contribution in [3.8, 4) is 28.4 Å². The van der Waals surface area contributed by atoms with Crippen molar-refractivity contribution in [1.82, 2.24) is 4.57 Å². The lowest BCUT2D eigenvalue weighted by molar-refractivity contribution is -0.111. The standard InChI is InChI=1S/C39H38N2O5/c1-27(2)46-36-12-8-11-33(38(36)40-37(42)22-15-28-9-6-5-7-10-28)39(43)35-26-41(24-23-29-13-18-31(44-3)19-14-29)25-34(35)30-16-20-32(45-4)21-17-30/h5-22,25-27H,23-24H2,1-4H3,(H,40,42)/b22-15+. The highest BCUT2D eigenvalue weighted by atomic mass is 16.5. The summed E-state index contributed by atoms with van der Waals surface area (Å²) in [5, 5.41) is 2.94. The summed E-state index contributed by atoms with van der Waals surface area (Å²) in [5.41, 5.74) is 4.87. The van der Waals surface area contributed by atoms with Gasteiger partial charge >= 0.3 is 0 Å². The highest BCUT2D eigenvalue weighted by Crippen LogP contribution is 2.35. The second-order valence-corrected chi connectivity index (χ2v) is 11.1. The van der Waals surface area contributed by atoms with Crippen LogP contribution >= 0.6 is 0 Å². The summed E-state index contributed by atoms with van der Waals surface area (Å²) < 4.78 is 18.8. The smallest absolute Gasteiger partial charge is 0.248 e. The van der Waals surface area contributed by atoms with Crippen LogP contribution in [0.15, 0.2) is 116 Å². The zero-order valence-electron chi connectivity index (χ0n) is 26.5. The number of aromatic nitrogens is 1. The van der Waals surface area contributed by atoms with Crippen LogP contribution in [-0.2, 0) is 17.8 Å². The molecule has 7 nitrogen and oxygen atoms in total. The second-order valence-electron chi connectivity index (χ2n) is 11.1. The molecule has 0 aliphatic carbocycles. The van der Waals surface area contributed by atoms with E-state index in [0.717, 1.165) is 40.2 Å². The van der Waals surface area contributed by atoms with Gasteiger partial charge in [-0.1, -0.05) is 60.7 Å². The van der Waals surface area contributed by atoms with Gasteiger partial charge in [-0.05, 0) is 79.4 Å². The van der Waals surface area contributed by atoms with Crippen LogP contribution in [0.25, 0.3) is 17.2 Å². The lowest BCUT2D eigenvalue weighted by Crippen LogP contribution is -2.16. The van der Waals surface area contributed by atoms with E-state index in [2.05, 4.69) is 5.32 Å². The number of para-hydroxylation sites is 1. The minimum atomic E-state index is -0.370. The predicted octanol–water partition coefficient (Wildman–Crippen LogP) is 8.09. The molecule has 1 aromatic heterocycles. The third-order valence-electron chi connectivity index (χ3n) is 7.45. The quantitative estimate of drug-likeness (QED) is 0.107. The Morgan fingerprint density at radius 3 is 2.11 bits per heavy atom. The molecule has 0 atom stereocenters. The number of ketones is 1. The maximum absolute atomic E-state index is 14.5. The predicted molar refractivity (Wildman–Crippen MR) is 183 cm³/mol. The number of amides is 1. The van der Waals surface area contributed by atoms with Crippen LogP contribution in [0.3, 0.4) is 0 Å². The molecule has 0 aliphatic rings. The first kappa shape index (κ1) is 31.9. The minimum Gasteiger partial charge on any atom is -0.497 e. The molecule has 5 aromatic rings. The molecule has 0 radical (unpaired) electrons. The average molecular weight is 615 g/mol. The van der Waals surface area contributed by atoms with Gasteiger partial charge in [0.25, 0.3) is 0 Å². The van der Waals surface area contributed by atoms with Crippen LogP contribution in [0.4, 0.5) is 5.69 Å². The Balaban J connectivity index is 1.51. The number of carbonyl (C=O) groups excluding carboxylic acids is 2. The maximum Gasteiger partial charge on any atom is 0.248 e. The highest BCUT2D eigenvalue weighted by Gasteiger charge is 2.24. The van der Waals surface area contributed by atoms with Crippen LogP contribution in [0, 0.1) is 0 Å². The Hall–Kier alpha value is -5.56. The van der Waals surface area contributed by atoms with Crippen molar-refractivity contribution in [2.75, 3.05) is 19.5 Å². The number of nitrogens with one attached hydrogen (secondary N) is 1. The molecule has 1 heterocycles. The summed E-state index contributed by atoms with van der Waals surface area (Å²) in [6.07, 6.45) is 7.65. The number of hydrogen-bond acceptors (Lipinski definition) is 5. The molecule has 0 spiro atoms. The maximum atomic E-state index is 14.5. The van der Waals surface area contributed by atoms with Crippen LogP contribution in [0.1, 0.15) is 40.9 Å². The van der Waals surface area contributed by atoms with Crippen molar-refractivity contribution < 1.29 is 23.8 Å². The van der Waals surface area contributed by atoms with E-state index in [9.17, 15) is 9.59 Å². The van der Waals surface area contributed by atoms with Crippen molar-refractivity contribution in [2.45, 2.75) is 32.9 Å². The highest BCUT2D eigenvalue weighted by molar-refractivity contribution is 6.18. The number of carbonyl (C=O) groups is 2. The van der Waals surface area contributed by atoms with E-state index in [1.54, 1.807) is 38.5 Å². The molecule has 1 amide bonds. The lowest BCUT2D eigenvalue weighted by atomic mass is 9.96. The molecule has 0 fully saturated rings. The molecule has 234 valence electrons. The summed E-state index contributed by atoms with van der Waals surface area (Å²) >= 11 is 0. The Labute approximate surface area is 270 Å². The normalized spacial score (nSPS) is 11.1. The van der Waals surface area contributed by atoms with Gasteiger partial charge in [0.1, 0.15) is 17.2 Å². The van der Waals surface area contributed by atoms with Gasteiger partial charge in [0.2, 0.25) is 5.91 Å². The average Bonchev–Trinajstić information content (AvgIpc) is 3.51. The Bertz CT molecular complexity index is 1800. The first-order valence-corrected chi connectivity index (χ1v) is 15.2. The Morgan fingerprint density at radius 2 is 1.46 bits per heavy atom. The first-order valence-electron chi connectivity index (χ1n) is 15.2. The van der Waals surface area contributed by atoms with Gasteiger partial charge in [-0.25, -0.2) is 0 Å². The summed E-state index contributed by atoms with van der Waals surface area (Å²) in [4.78, 5) is 27.6. The van der Waals surface area contributed by atoms with Crippen LogP contribution < -0.4 is 19.5 Å². The lowest BCUT2D eigenvalue weighted by Gasteiger charge is -2.17. The first-order chi connectivity index (χ1) is 22.3. The van der Waals surface area contributed by atoms with Gasteiger partial charge in [-0.3, -0.25) is 9.59 Å². The van der Waals surface area contributed by atoms with Gasteiger partial charge in [-0.2, -0.15) is 0 Å². The van der Waals surface area contributed by atoms with Crippen LogP contribution in [-0.4, -0.2) is 36.6 Å². The Kier molecular flexibility index (Phi) is 10.4. The minimum absolute atomic E-state index is 0.172. The molecule has 46 heavy (non-hydrogen) atoms. The van der Waals surface area contributed by atoms with E-state index >= 15 is 0 Å². The van der Waals surface area contributed by atoms with E-state index in [1.165, 1.54) is 6.08 Å². The summed E-state index contributed by atoms with van der Waals surface area (Å²) in [7, 11) is 3.27. The molecule has 0 saturated carbocycles. The molecule has 7 heteroatoms. The number of aryl methyl sites for hydroxylation is 2. The summed E-state index contributed by atoms with van der Waals surface area (Å²) in [6.45, 7) is 4.47. The number of rotatable bonds is 13. The molecule has 0 bridgehead atoms. The summed E-state index contributed by atoms with van der Waals surface area (Å²) in [5.74, 6) is 1.35. The SMILES string of the molecule is COc1ccc(CCn2cc(C(=O)c3cccc(OC(C)C)c3NC(=O)/C=C/c3ccccc3)c(-c3ccc(OC)cc3)c2)cc1. The number of ether oxygens (including phenoxy) is 3. The van der Waals surface area contributed by atoms with Crippen molar-refractivity contribution in [3.63, 3.8) is 0 Å². The van der Waals surface area contributed by atoms with E-state index < -0.39 is 0 Å². The van der Waals surface area contributed by atoms with Crippen molar-refractivity contribution in [3.05, 3.63) is 138 Å². The third-order valence-corrected chi connectivity index (χ3v) is 7.45. The van der Waals surface area contributed by atoms with Gasteiger partial charge in [0, 0.05) is 41.7 Å². The number of nitrogens with zero attached hydrogens (tertiary/aromatic N) is 1. The van der Waals surface area contributed by atoms with Crippen molar-refractivity contribution >= 4 is 23.5 Å². The van der Waals surface area contributed by atoms with E-state index in [0.29, 0.717) is 29.1 Å². The van der Waals surface area contributed by atoms with Gasteiger partial charge in [0.05, 0.1) is 26.0 Å². The van der Waals surface area contributed by atoms with E-state index in [1.807, 2.05) is 110 Å². The zero-order chi connectivity index (χ0) is 32.5. The van der Waals surface area contributed by atoms with E-state index in [4.69, 9.17) is 14.2 Å². The van der Waals surface area contributed by atoms with E-state index in [-0.39, 0.29) is 17.8 Å². The largest absolute Gasteiger partial charge is 0.497 e. The fourth-order valence-corrected chi connectivity index (χ4v) is 5.12. The number of anilines is 1. The molecule has 5 rings (SSSR count). The Morgan fingerprint density at radius 1 is 0.783 bits per heavy atom. The van der Waals surface area contributed by atoms with Gasteiger partial charge in [0.15, 0.2) is 5.78 Å². The fraction of sp³-hybridized carbons (Fsp3) is 0.179. The number of hydrogen-bond donors (Lipinski definition) is 1. The molecular formula is C39H38N2O5. The molecule has 0 aliphatic heterocycles. The topological polar surface area (TPSA) is 78.8 Å². The van der Waals surface area contributed by atoms with Gasteiger partial charge in [-0.15, -0.1) is 0 Å². The molecule has 0 unspecified atom stereocenters. The fourth-order valence-electron chi connectivity index (χ4n) is 5.12. The van der Waals surface area contributed by atoms with Crippen molar-refractivity contribution in [1.29, 1.82) is 0 Å². The molecule has 0 saturated heterocycles. The second kappa shape index (κ2) is 14.9. The number of methoxy groups -OCH3 is 2. The summed E-state index contributed by atoms with van der Waals surface area (Å²) in [6, 6.07) is 30.4. The van der Waals surface area contributed by atoms with Crippen LogP contribution in [0.5, 0.6) is 17.2 Å². The van der Waals surface area contributed by atoms with Crippen LogP contribution in [0.2, 0.25) is 0 Å². The zero-order valence-corrected chi connectivity index (χ0v) is 26.5. The monoisotopic (exact) mass is 614 g/mol. The molecular weight excluding hydrogens is 576 g/mol. The third kappa shape index (κ3) is 7.93. The number of benzene rings is 4. The van der Waals surface area contributed by atoms with Gasteiger partial charge < -0.3 is 24.1 Å². The molecule has 1 N–H and O–H groups in total.